The Labute approximate surface area is 189 Å². The number of imidazole rings is 1. The maximum absolute atomic E-state index is 13.3. The topological polar surface area (TPSA) is 44.1 Å². The van der Waals surface area contributed by atoms with Crippen LogP contribution in [0.3, 0.4) is 0 Å². The Balaban J connectivity index is 1.60. The number of aromatic nitrogens is 2. The lowest BCUT2D eigenvalue weighted by Gasteiger charge is -2.31. The SMILES string of the molecule is O=C(c1ccc(Cl)cc1Cl)C(OC1(Cl)C=CC(c2ccccc2)=CC1)n1ccnc1. The number of halogens is 3. The van der Waals surface area contributed by atoms with Crippen LogP contribution in [0.2, 0.25) is 10.0 Å². The number of hydrogen-bond donors (Lipinski definition) is 0. The Morgan fingerprint density at radius 1 is 1.17 bits per heavy atom. The Morgan fingerprint density at radius 2 is 1.97 bits per heavy atom. The second-order valence-corrected chi connectivity index (χ2v) is 8.30. The van der Waals surface area contributed by atoms with E-state index >= 15 is 0 Å². The van der Waals surface area contributed by atoms with Crippen molar-refractivity contribution in [3.63, 3.8) is 0 Å². The fourth-order valence-electron chi connectivity index (χ4n) is 3.20. The molecule has 2 atom stereocenters. The summed E-state index contributed by atoms with van der Waals surface area (Å²) < 4.78 is 7.68. The highest BCUT2D eigenvalue weighted by Crippen LogP contribution is 2.37. The number of alkyl halides is 1. The van der Waals surface area contributed by atoms with Gasteiger partial charge in [0.2, 0.25) is 12.0 Å². The zero-order valence-electron chi connectivity index (χ0n) is 15.7. The van der Waals surface area contributed by atoms with Gasteiger partial charge in [-0.3, -0.25) is 4.79 Å². The van der Waals surface area contributed by atoms with Crippen LogP contribution < -0.4 is 0 Å². The summed E-state index contributed by atoms with van der Waals surface area (Å²) in [7, 11) is 0. The standard InChI is InChI=1S/C23H17Cl3N2O2/c24-18-6-7-19(20(25)14-18)21(29)22(28-13-12-27-15-28)30-23(26)10-8-17(9-11-23)16-4-2-1-3-5-16/h1-10,12-15,22H,11H2. The van der Waals surface area contributed by atoms with Crippen LogP contribution in [0.15, 0.2) is 85.5 Å². The normalized spacial score (nSPS) is 19.4. The minimum absolute atomic E-state index is 0.246. The molecular weight excluding hydrogens is 443 g/mol. The van der Waals surface area contributed by atoms with Crippen molar-refractivity contribution in [2.75, 3.05) is 0 Å². The lowest BCUT2D eigenvalue weighted by molar-refractivity contribution is -0.0367. The molecule has 3 aromatic rings. The van der Waals surface area contributed by atoms with Crippen molar-refractivity contribution in [2.24, 2.45) is 0 Å². The van der Waals surface area contributed by atoms with E-state index in [0.717, 1.165) is 11.1 Å². The molecule has 0 spiro atoms. The monoisotopic (exact) mass is 458 g/mol. The second-order valence-electron chi connectivity index (χ2n) is 6.82. The van der Waals surface area contributed by atoms with E-state index < -0.39 is 11.3 Å². The molecule has 30 heavy (non-hydrogen) atoms. The summed E-state index contributed by atoms with van der Waals surface area (Å²) in [4.78, 5) is 17.3. The lowest BCUT2D eigenvalue weighted by Crippen LogP contribution is -2.33. The van der Waals surface area contributed by atoms with Crippen molar-refractivity contribution in [1.82, 2.24) is 9.55 Å². The molecule has 2 unspecified atom stereocenters. The van der Waals surface area contributed by atoms with E-state index in [1.165, 1.54) is 12.4 Å². The maximum atomic E-state index is 13.3. The van der Waals surface area contributed by atoms with Crippen molar-refractivity contribution in [1.29, 1.82) is 0 Å². The average Bonchev–Trinajstić information content (AvgIpc) is 3.27. The molecule has 2 aromatic carbocycles. The zero-order chi connectivity index (χ0) is 21.1. The summed E-state index contributed by atoms with van der Waals surface area (Å²) in [6.45, 7) is 0. The lowest BCUT2D eigenvalue weighted by atomic mass is 9.98. The zero-order valence-corrected chi connectivity index (χ0v) is 18.0. The van der Waals surface area contributed by atoms with E-state index in [4.69, 9.17) is 39.5 Å². The van der Waals surface area contributed by atoms with Gasteiger partial charge in [0.15, 0.2) is 5.06 Å². The van der Waals surface area contributed by atoms with Gasteiger partial charge >= 0.3 is 0 Å². The molecule has 0 N–H and O–H groups in total. The van der Waals surface area contributed by atoms with Crippen molar-refractivity contribution >= 4 is 46.2 Å². The van der Waals surface area contributed by atoms with Crippen molar-refractivity contribution in [3.8, 4) is 0 Å². The molecule has 0 amide bonds. The van der Waals surface area contributed by atoms with E-state index in [1.54, 1.807) is 35.2 Å². The summed E-state index contributed by atoms with van der Waals surface area (Å²) in [5.41, 5.74) is 2.42. The first kappa shape index (κ1) is 20.9. The number of benzene rings is 2. The number of Topliss-reactive ketones (excluding diaryl/α,β-unsaturated/α-hetero) is 1. The number of carbonyl (C=O) groups is 1. The first-order valence-corrected chi connectivity index (χ1v) is 10.4. The van der Waals surface area contributed by atoms with Crippen molar-refractivity contribution < 1.29 is 9.53 Å². The number of nitrogens with zero attached hydrogens (tertiary/aromatic N) is 2. The molecule has 0 radical (unpaired) electrons. The first-order valence-electron chi connectivity index (χ1n) is 9.23. The Morgan fingerprint density at radius 3 is 2.60 bits per heavy atom. The van der Waals surface area contributed by atoms with E-state index in [0.29, 0.717) is 17.0 Å². The Hall–Kier alpha value is -2.37. The minimum atomic E-state index is -1.19. The van der Waals surface area contributed by atoms with Gasteiger partial charge in [-0.15, -0.1) is 0 Å². The molecule has 1 heterocycles. The summed E-state index contributed by atoms with van der Waals surface area (Å²) in [6, 6.07) is 14.7. The molecule has 7 heteroatoms. The molecule has 0 bridgehead atoms. The van der Waals surface area contributed by atoms with Gasteiger partial charge in [-0.1, -0.05) is 77.3 Å². The van der Waals surface area contributed by atoms with Crippen LogP contribution in [0, 0.1) is 0 Å². The van der Waals surface area contributed by atoms with Gasteiger partial charge in [-0.2, -0.15) is 0 Å². The van der Waals surface area contributed by atoms with Crippen LogP contribution >= 0.6 is 34.8 Å². The number of allylic oxidation sites excluding steroid dienone is 2. The van der Waals surface area contributed by atoms with Gasteiger partial charge in [0.1, 0.15) is 0 Å². The molecule has 4 nitrogen and oxygen atoms in total. The molecule has 152 valence electrons. The average molecular weight is 460 g/mol. The highest BCUT2D eigenvalue weighted by Gasteiger charge is 2.35. The largest absolute Gasteiger partial charge is 0.324 e. The van der Waals surface area contributed by atoms with E-state index in [9.17, 15) is 4.79 Å². The third-order valence-corrected chi connectivity index (χ3v) is 5.66. The van der Waals surface area contributed by atoms with Crippen LogP contribution in [0.1, 0.15) is 28.6 Å². The number of carbonyl (C=O) groups excluding carboxylic acids is 1. The van der Waals surface area contributed by atoms with Gasteiger partial charge in [-0.05, 0) is 35.4 Å². The summed E-state index contributed by atoms with van der Waals surface area (Å²) in [5.74, 6) is -0.346. The third-order valence-electron chi connectivity index (χ3n) is 4.74. The van der Waals surface area contributed by atoms with Gasteiger partial charge < -0.3 is 9.30 Å². The van der Waals surface area contributed by atoms with Gasteiger partial charge in [0.05, 0.1) is 11.3 Å². The highest BCUT2D eigenvalue weighted by atomic mass is 35.5. The van der Waals surface area contributed by atoms with Crippen LogP contribution in [-0.4, -0.2) is 20.4 Å². The van der Waals surface area contributed by atoms with Crippen molar-refractivity contribution in [2.45, 2.75) is 17.7 Å². The van der Waals surface area contributed by atoms with Gasteiger partial charge in [-0.25, -0.2) is 4.98 Å². The smallest absolute Gasteiger partial charge is 0.214 e. The van der Waals surface area contributed by atoms with E-state index in [1.807, 2.05) is 42.5 Å². The fraction of sp³-hybridized carbons (Fsp3) is 0.130. The highest BCUT2D eigenvalue weighted by molar-refractivity contribution is 6.37. The van der Waals surface area contributed by atoms with Crippen LogP contribution in [-0.2, 0) is 4.74 Å². The van der Waals surface area contributed by atoms with E-state index in [2.05, 4.69) is 4.98 Å². The van der Waals surface area contributed by atoms with Crippen LogP contribution in [0.5, 0.6) is 0 Å². The first-order chi connectivity index (χ1) is 14.5. The predicted molar refractivity (Wildman–Crippen MR) is 120 cm³/mol. The quantitative estimate of drug-likeness (QED) is 0.309. The molecule has 0 fully saturated rings. The second kappa shape index (κ2) is 8.78. The van der Waals surface area contributed by atoms with Gasteiger partial charge in [0.25, 0.3) is 0 Å². The molecule has 1 aromatic heterocycles. The predicted octanol–water partition coefficient (Wildman–Crippen LogP) is 6.57. The number of rotatable bonds is 6. The molecule has 0 saturated carbocycles. The molecule has 0 saturated heterocycles. The van der Waals surface area contributed by atoms with E-state index in [-0.39, 0.29) is 10.8 Å². The molecule has 0 aliphatic heterocycles. The fourth-order valence-corrected chi connectivity index (χ4v) is 3.92. The molecule has 1 aliphatic rings. The Kier molecular flexibility index (Phi) is 6.11. The summed E-state index contributed by atoms with van der Waals surface area (Å²) in [5, 5.41) is -0.503. The summed E-state index contributed by atoms with van der Waals surface area (Å²) in [6.07, 6.45) is 9.72. The molecular formula is C23H17Cl3N2O2. The van der Waals surface area contributed by atoms with Crippen LogP contribution in [0.25, 0.3) is 5.57 Å². The summed E-state index contributed by atoms with van der Waals surface area (Å²) >= 11 is 19.0. The van der Waals surface area contributed by atoms with Crippen molar-refractivity contribution in [3.05, 3.63) is 107 Å². The molecule has 1 aliphatic carbocycles. The minimum Gasteiger partial charge on any atom is -0.324 e. The number of ether oxygens (including phenoxy) is 1. The number of hydrogen-bond acceptors (Lipinski definition) is 3. The molecule has 4 rings (SSSR count). The van der Waals surface area contributed by atoms with Gasteiger partial charge in [0, 0.05) is 29.4 Å². The maximum Gasteiger partial charge on any atom is 0.214 e. The number of ketones is 1. The van der Waals surface area contributed by atoms with Crippen LogP contribution in [0.4, 0.5) is 0 Å². The third kappa shape index (κ3) is 4.52. The Bertz CT molecular complexity index is 1110.